The predicted octanol–water partition coefficient (Wildman–Crippen LogP) is 2.39. The molecule has 1 N–H and O–H groups in total. The van der Waals surface area contributed by atoms with E-state index in [4.69, 9.17) is 4.74 Å². The highest BCUT2D eigenvalue weighted by molar-refractivity contribution is 7.91. The van der Waals surface area contributed by atoms with Crippen molar-refractivity contribution in [2.75, 3.05) is 18.2 Å². The van der Waals surface area contributed by atoms with E-state index in [-0.39, 0.29) is 5.75 Å². The molecular weight excluding hydrogens is 321 g/mol. The maximum absolute atomic E-state index is 12.8. The molecule has 2 rings (SSSR count). The molecule has 0 spiro atoms. The monoisotopic (exact) mass is 337 g/mol. The first-order valence-corrected chi connectivity index (χ1v) is 8.59. The molecule has 2 aromatic rings. The average molecular weight is 337 g/mol. The number of carbonyl (C=O) groups excluding carboxylic acids is 1. The number of amides is 1. The van der Waals surface area contributed by atoms with E-state index in [1.165, 1.54) is 31.4 Å². The van der Waals surface area contributed by atoms with Gasteiger partial charge in [-0.1, -0.05) is 24.3 Å². The van der Waals surface area contributed by atoms with Gasteiger partial charge in [0.05, 0.1) is 18.6 Å². The molecule has 23 heavy (non-hydrogen) atoms. The molecule has 0 atom stereocenters. The fourth-order valence-electron chi connectivity index (χ4n) is 2.02. The molecule has 2 aromatic carbocycles. The van der Waals surface area contributed by atoms with Crippen molar-refractivity contribution in [3.05, 3.63) is 59.9 Å². The van der Waals surface area contributed by atoms with Crippen molar-refractivity contribution in [3.8, 4) is 5.75 Å². The molecule has 7 heteroatoms. The molecule has 0 saturated heterocycles. The molecule has 122 valence electrons. The molecule has 0 aromatic heterocycles. The number of hydrogen-bond acceptors (Lipinski definition) is 4. The van der Waals surface area contributed by atoms with Crippen molar-refractivity contribution >= 4 is 21.4 Å². The smallest absolute Gasteiger partial charge is 0.239 e. The summed E-state index contributed by atoms with van der Waals surface area (Å²) < 4.78 is 42.0. The molecule has 0 bridgehead atoms. The standard InChI is InChI=1S/C16H16FNO4S/c1-22-15-5-3-2-4-14(15)18-16(19)11-23(20,21)10-12-6-8-13(17)9-7-12/h2-9H,10-11H2,1H3,(H,18,19). The summed E-state index contributed by atoms with van der Waals surface area (Å²) in [7, 11) is -2.21. The van der Waals surface area contributed by atoms with Crippen molar-refractivity contribution in [2.24, 2.45) is 0 Å². The van der Waals surface area contributed by atoms with Crippen LogP contribution in [0, 0.1) is 5.82 Å². The Kier molecular flexibility index (Phi) is 5.33. The van der Waals surface area contributed by atoms with Crippen molar-refractivity contribution in [2.45, 2.75) is 5.75 Å². The number of rotatable bonds is 6. The summed E-state index contributed by atoms with van der Waals surface area (Å²) in [6.45, 7) is 0. The lowest BCUT2D eigenvalue weighted by Gasteiger charge is -2.10. The number of para-hydroxylation sites is 2. The highest BCUT2D eigenvalue weighted by Gasteiger charge is 2.18. The maximum Gasteiger partial charge on any atom is 0.239 e. The van der Waals surface area contributed by atoms with Gasteiger partial charge in [0.1, 0.15) is 17.3 Å². The third kappa shape index (κ3) is 5.07. The summed E-state index contributed by atoms with van der Waals surface area (Å²) in [6.07, 6.45) is 0. The summed E-state index contributed by atoms with van der Waals surface area (Å²) in [4.78, 5) is 11.9. The van der Waals surface area contributed by atoms with Gasteiger partial charge in [-0.3, -0.25) is 4.79 Å². The van der Waals surface area contributed by atoms with Gasteiger partial charge in [0.15, 0.2) is 9.84 Å². The zero-order valence-electron chi connectivity index (χ0n) is 12.5. The Balaban J connectivity index is 2.02. The van der Waals surface area contributed by atoms with E-state index in [1.807, 2.05) is 0 Å². The van der Waals surface area contributed by atoms with Crippen LogP contribution in [0.2, 0.25) is 0 Å². The lowest BCUT2D eigenvalue weighted by molar-refractivity contribution is -0.113. The van der Waals surface area contributed by atoms with E-state index in [1.54, 1.807) is 24.3 Å². The minimum Gasteiger partial charge on any atom is -0.495 e. The molecule has 0 radical (unpaired) electrons. The van der Waals surface area contributed by atoms with Gasteiger partial charge < -0.3 is 10.1 Å². The van der Waals surface area contributed by atoms with Crippen LogP contribution in [0.1, 0.15) is 5.56 Å². The van der Waals surface area contributed by atoms with Crippen LogP contribution in [0.3, 0.4) is 0 Å². The first-order chi connectivity index (χ1) is 10.9. The molecule has 0 aliphatic rings. The average Bonchev–Trinajstić information content (AvgIpc) is 2.49. The van der Waals surface area contributed by atoms with E-state index >= 15 is 0 Å². The molecule has 0 fully saturated rings. The number of sulfone groups is 1. The highest BCUT2D eigenvalue weighted by Crippen LogP contribution is 2.23. The van der Waals surface area contributed by atoms with Crippen LogP contribution in [0.4, 0.5) is 10.1 Å². The number of methoxy groups -OCH3 is 1. The van der Waals surface area contributed by atoms with Gasteiger partial charge in [0.2, 0.25) is 5.91 Å². The van der Waals surface area contributed by atoms with Crippen molar-refractivity contribution in [1.82, 2.24) is 0 Å². The third-order valence-electron chi connectivity index (χ3n) is 3.03. The van der Waals surface area contributed by atoms with Crippen molar-refractivity contribution in [3.63, 3.8) is 0 Å². The van der Waals surface area contributed by atoms with Gasteiger partial charge in [0.25, 0.3) is 0 Å². The Hall–Kier alpha value is -2.41. The molecular formula is C16H16FNO4S. The number of carbonyl (C=O) groups is 1. The summed E-state index contributed by atoms with van der Waals surface area (Å²) in [6, 6.07) is 11.8. The fraction of sp³-hybridized carbons (Fsp3) is 0.188. The number of nitrogens with one attached hydrogen (secondary N) is 1. The molecule has 0 heterocycles. The first-order valence-electron chi connectivity index (χ1n) is 6.77. The Morgan fingerprint density at radius 2 is 1.78 bits per heavy atom. The van der Waals surface area contributed by atoms with Crippen LogP contribution in [-0.2, 0) is 20.4 Å². The van der Waals surface area contributed by atoms with Crippen molar-refractivity contribution in [1.29, 1.82) is 0 Å². The van der Waals surface area contributed by atoms with Gasteiger partial charge in [-0.25, -0.2) is 12.8 Å². The number of ether oxygens (including phenoxy) is 1. The van der Waals surface area contributed by atoms with E-state index in [2.05, 4.69) is 5.32 Å². The summed E-state index contributed by atoms with van der Waals surface area (Å²) in [5, 5.41) is 2.51. The SMILES string of the molecule is COc1ccccc1NC(=O)CS(=O)(=O)Cc1ccc(F)cc1. The Morgan fingerprint density at radius 3 is 2.43 bits per heavy atom. The number of halogens is 1. The molecule has 1 amide bonds. The fourth-order valence-corrected chi connectivity index (χ4v) is 3.29. The Morgan fingerprint density at radius 1 is 1.13 bits per heavy atom. The van der Waals surface area contributed by atoms with Crippen molar-refractivity contribution < 1.29 is 22.3 Å². The summed E-state index contributed by atoms with van der Waals surface area (Å²) in [5.41, 5.74) is 0.827. The number of anilines is 1. The van der Waals surface area contributed by atoms with Crippen LogP contribution in [0.25, 0.3) is 0 Å². The molecule has 5 nitrogen and oxygen atoms in total. The second kappa shape index (κ2) is 7.23. The molecule has 0 aliphatic carbocycles. The van der Waals surface area contributed by atoms with Gasteiger partial charge in [-0.05, 0) is 29.8 Å². The summed E-state index contributed by atoms with van der Waals surface area (Å²) >= 11 is 0. The van der Waals surface area contributed by atoms with Crippen LogP contribution >= 0.6 is 0 Å². The Labute approximate surface area is 134 Å². The molecule has 0 saturated carbocycles. The lowest BCUT2D eigenvalue weighted by Crippen LogP contribution is -2.24. The predicted molar refractivity (Wildman–Crippen MR) is 85.5 cm³/mol. The second-order valence-corrected chi connectivity index (χ2v) is 6.97. The number of benzene rings is 2. The van der Waals surface area contributed by atoms with Crippen LogP contribution < -0.4 is 10.1 Å². The maximum atomic E-state index is 12.8. The van der Waals surface area contributed by atoms with Crippen LogP contribution in [-0.4, -0.2) is 27.2 Å². The second-order valence-electron chi connectivity index (χ2n) is 4.91. The van der Waals surface area contributed by atoms with Crippen LogP contribution in [0.5, 0.6) is 5.75 Å². The minimum absolute atomic E-state index is 0.327. The molecule has 0 unspecified atom stereocenters. The van der Waals surface area contributed by atoms with E-state index in [9.17, 15) is 17.6 Å². The summed E-state index contributed by atoms with van der Waals surface area (Å²) in [5.74, 6) is -1.65. The normalized spacial score (nSPS) is 11.0. The van der Waals surface area contributed by atoms with E-state index < -0.39 is 27.3 Å². The molecule has 0 aliphatic heterocycles. The quantitative estimate of drug-likeness (QED) is 0.878. The van der Waals surface area contributed by atoms with Gasteiger partial charge in [-0.2, -0.15) is 0 Å². The minimum atomic E-state index is -3.66. The number of hydrogen-bond donors (Lipinski definition) is 1. The zero-order chi connectivity index (χ0) is 16.9. The first kappa shape index (κ1) is 17.0. The van der Waals surface area contributed by atoms with E-state index in [0.717, 1.165) is 0 Å². The Bertz CT molecular complexity index is 788. The highest BCUT2D eigenvalue weighted by atomic mass is 32.2. The third-order valence-corrected chi connectivity index (χ3v) is 4.51. The van der Waals surface area contributed by atoms with Gasteiger partial charge in [0, 0.05) is 0 Å². The van der Waals surface area contributed by atoms with Gasteiger partial charge in [-0.15, -0.1) is 0 Å². The topological polar surface area (TPSA) is 72.5 Å². The van der Waals surface area contributed by atoms with Crippen LogP contribution in [0.15, 0.2) is 48.5 Å². The lowest BCUT2D eigenvalue weighted by atomic mass is 10.2. The van der Waals surface area contributed by atoms with Gasteiger partial charge >= 0.3 is 0 Å². The van der Waals surface area contributed by atoms with E-state index in [0.29, 0.717) is 17.0 Å². The largest absolute Gasteiger partial charge is 0.495 e. The zero-order valence-corrected chi connectivity index (χ0v) is 13.3.